The molecule has 0 heterocycles. The molecule has 2 rings (SSSR count). The number of benzene rings is 1. The van der Waals surface area contributed by atoms with Crippen LogP contribution in [0.4, 0.5) is 14.4 Å². The predicted octanol–water partition coefficient (Wildman–Crippen LogP) is 3.08. The number of nitrogens with one attached hydrogen (secondary N) is 3. The van der Waals surface area contributed by atoms with E-state index in [1.807, 2.05) is 30.3 Å². The summed E-state index contributed by atoms with van der Waals surface area (Å²) in [4.78, 5) is 36.7. The van der Waals surface area contributed by atoms with E-state index in [9.17, 15) is 14.4 Å². The maximum absolute atomic E-state index is 12.1. The van der Waals surface area contributed by atoms with Gasteiger partial charge in [0, 0.05) is 33.2 Å². The summed E-state index contributed by atoms with van der Waals surface area (Å²) in [5.74, 6) is 0. The first-order valence-corrected chi connectivity index (χ1v) is 10.6. The summed E-state index contributed by atoms with van der Waals surface area (Å²) in [6.07, 6.45) is 7.83. The Balaban J connectivity index is 1.59. The normalized spacial score (nSPS) is 12.4. The second-order valence-corrected chi connectivity index (χ2v) is 7.35. The van der Waals surface area contributed by atoms with Gasteiger partial charge in [-0.1, -0.05) is 42.5 Å². The zero-order valence-electron chi connectivity index (χ0n) is 18.7. The number of amides is 4. The van der Waals surface area contributed by atoms with E-state index in [0.29, 0.717) is 32.6 Å². The molecule has 1 aliphatic rings. The number of alkyl carbamates (subject to hydrolysis) is 2. The van der Waals surface area contributed by atoms with Crippen molar-refractivity contribution in [2.45, 2.75) is 32.4 Å². The summed E-state index contributed by atoms with van der Waals surface area (Å²) in [7, 11) is 3.02. The fraction of sp³-hybridized carbons (Fsp3) is 0.435. The number of rotatable bonds is 10. The van der Waals surface area contributed by atoms with E-state index < -0.39 is 12.2 Å². The van der Waals surface area contributed by atoms with Crippen LogP contribution in [0.15, 0.2) is 48.1 Å². The summed E-state index contributed by atoms with van der Waals surface area (Å²) in [5.41, 5.74) is 2.88. The molecule has 9 nitrogen and oxygen atoms in total. The van der Waals surface area contributed by atoms with E-state index in [4.69, 9.17) is 4.74 Å². The third kappa shape index (κ3) is 9.55. The summed E-state index contributed by atoms with van der Waals surface area (Å²) in [5, 5.41) is 8.18. The number of hydrogen-bond acceptors (Lipinski definition) is 5. The number of allylic oxidation sites excluding steroid dienone is 2. The van der Waals surface area contributed by atoms with Crippen molar-refractivity contribution in [2.75, 3.05) is 33.9 Å². The predicted molar refractivity (Wildman–Crippen MR) is 121 cm³/mol. The van der Waals surface area contributed by atoms with Gasteiger partial charge in [0.25, 0.3) is 0 Å². The van der Waals surface area contributed by atoms with Crippen molar-refractivity contribution in [1.82, 2.24) is 20.9 Å². The van der Waals surface area contributed by atoms with E-state index >= 15 is 0 Å². The Kier molecular flexibility index (Phi) is 10.6. The van der Waals surface area contributed by atoms with Gasteiger partial charge in [-0.2, -0.15) is 0 Å². The topological polar surface area (TPSA) is 109 Å². The minimum absolute atomic E-state index is 0.157. The summed E-state index contributed by atoms with van der Waals surface area (Å²) < 4.78 is 9.71. The lowest BCUT2D eigenvalue weighted by atomic mass is 10.1. The highest BCUT2D eigenvalue weighted by molar-refractivity contribution is 5.74. The minimum Gasteiger partial charge on any atom is -0.453 e. The standard InChI is InChI=1S/C23H32N4O5/c1-27(21(28)24-15-18-8-4-3-5-9-18)12-7-13-32-23(30)26-17-20-11-6-10-19(14-20)16-25-22(29)31-2/h4,6,8-11,14H,3,5,7,12-13,15-17H2,1-2H3,(H,24,28)(H,25,29)(H,26,30). The number of nitrogens with zero attached hydrogens (tertiary/aromatic N) is 1. The van der Waals surface area contributed by atoms with Crippen LogP contribution in [0.2, 0.25) is 0 Å². The number of hydrogen-bond donors (Lipinski definition) is 3. The molecular formula is C23H32N4O5. The molecule has 1 aromatic carbocycles. The summed E-state index contributed by atoms with van der Waals surface area (Å²) in [6, 6.07) is 7.31. The Morgan fingerprint density at radius 3 is 2.38 bits per heavy atom. The minimum atomic E-state index is -0.522. The Labute approximate surface area is 188 Å². The van der Waals surface area contributed by atoms with Crippen LogP contribution in [0, 0.1) is 0 Å². The highest BCUT2D eigenvalue weighted by atomic mass is 16.5. The van der Waals surface area contributed by atoms with Crippen molar-refractivity contribution in [3.8, 4) is 0 Å². The van der Waals surface area contributed by atoms with Gasteiger partial charge in [-0.25, -0.2) is 14.4 Å². The lowest BCUT2D eigenvalue weighted by Crippen LogP contribution is -2.39. The highest BCUT2D eigenvalue weighted by Crippen LogP contribution is 2.08. The van der Waals surface area contributed by atoms with Crippen LogP contribution in [0.5, 0.6) is 0 Å². The van der Waals surface area contributed by atoms with Gasteiger partial charge in [-0.05, 0) is 36.0 Å². The average molecular weight is 445 g/mol. The maximum atomic E-state index is 12.1. The van der Waals surface area contributed by atoms with Gasteiger partial charge in [0.15, 0.2) is 0 Å². The molecule has 3 N–H and O–H groups in total. The van der Waals surface area contributed by atoms with Gasteiger partial charge < -0.3 is 30.3 Å². The third-order valence-corrected chi connectivity index (χ3v) is 4.78. The first-order valence-electron chi connectivity index (χ1n) is 10.6. The van der Waals surface area contributed by atoms with Gasteiger partial charge in [0.2, 0.25) is 0 Å². The van der Waals surface area contributed by atoms with Crippen LogP contribution in [0.3, 0.4) is 0 Å². The monoisotopic (exact) mass is 444 g/mol. The molecule has 0 atom stereocenters. The first kappa shape index (κ1) is 24.8. The van der Waals surface area contributed by atoms with Crippen molar-refractivity contribution in [3.05, 3.63) is 59.2 Å². The fourth-order valence-corrected chi connectivity index (χ4v) is 3.00. The van der Waals surface area contributed by atoms with E-state index in [2.05, 4.69) is 32.8 Å². The SMILES string of the molecule is COC(=O)NCc1cccc(CNC(=O)OCCCN(C)C(=O)NCC2=CCCC=C2)c1. The molecule has 0 bridgehead atoms. The number of carbonyl (C=O) groups is 3. The van der Waals surface area contributed by atoms with Gasteiger partial charge in [-0.3, -0.25) is 0 Å². The number of methoxy groups -OCH3 is 1. The number of urea groups is 1. The molecule has 0 unspecified atom stereocenters. The smallest absolute Gasteiger partial charge is 0.407 e. The van der Waals surface area contributed by atoms with Crippen molar-refractivity contribution < 1.29 is 23.9 Å². The number of carbonyl (C=O) groups excluding carboxylic acids is 3. The van der Waals surface area contributed by atoms with E-state index in [0.717, 1.165) is 29.5 Å². The molecule has 1 aromatic rings. The molecule has 0 aromatic heterocycles. The van der Waals surface area contributed by atoms with Crippen LogP contribution in [-0.4, -0.2) is 57.0 Å². The zero-order chi connectivity index (χ0) is 23.2. The molecule has 174 valence electrons. The third-order valence-electron chi connectivity index (χ3n) is 4.78. The molecule has 4 amide bonds. The van der Waals surface area contributed by atoms with Crippen LogP contribution < -0.4 is 16.0 Å². The van der Waals surface area contributed by atoms with Gasteiger partial charge >= 0.3 is 18.2 Å². The Hall–Kier alpha value is -3.49. The largest absolute Gasteiger partial charge is 0.453 e. The summed E-state index contributed by atoms with van der Waals surface area (Å²) in [6.45, 7) is 1.83. The molecule has 0 saturated carbocycles. The lowest BCUT2D eigenvalue weighted by Gasteiger charge is -2.18. The first-order chi connectivity index (χ1) is 15.5. The molecule has 32 heavy (non-hydrogen) atoms. The fourth-order valence-electron chi connectivity index (χ4n) is 3.00. The van der Waals surface area contributed by atoms with Crippen LogP contribution in [0.1, 0.15) is 30.4 Å². The van der Waals surface area contributed by atoms with Gasteiger partial charge in [0.05, 0.1) is 13.7 Å². The second kappa shape index (κ2) is 13.7. The number of ether oxygens (including phenoxy) is 2. The van der Waals surface area contributed by atoms with Gasteiger partial charge in [-0.15, -0.1) is 0 Å². The average Bonchev–Trinajstić information content (AvgIpc) is 2.83. The van der Waals surface area contributed by atoms with E-state index in [-0.39, 0.29) is 12.6 Å². The molecule has 0 radical (unpaired) electrons. The van der Waals surface area contributed by atoms with Gasteiger partial charge in [0.1, 0.15) is 0 Å². The Bertz CT molecular complexity index is 837. The maximum Gasteiger partial charge on any atom is 0.407 e. The lowest BCUT2D eigenvalue weighted by molar-refractivity contribution is 0.140. The second-order valence-electron chi connectivity index (χ2n) is 7.35. The van der Waals surface area contributed by atoms with Crippen molar-refractivity contribution in [2.24, 2.45) is 0 Å². The summed E-state index contributed by atoms with van der Waals surface area (Å²) >= 11 is 0. The molecule has 0 aliphatic heterocycles. The molecule has 0 fully saturated rings. The molecule has 0 saturated heterocycles. The highest BCUT2D eigenvalue weighted by Gasteiger charge is 2.09. The van der Waals surface area contributed by atoms with E-state index in [1.54, 1.807) is 11.9 Å². The van der Waals surface area contributed by atoms with E-state index in [1.165, 1.54) is 7.11 Å². The molecule has 9 heteroatoms. The molecule has 0 spiro atoms. The van der Waals surface area contributed by atoms with Crippen LogP contribution in [-0.2, 0) is 22.6 Å². The quantitative estimate of drug-likeness (QED) is 0.481. The Morgan fingerprint density at radius 1 is 1.00 bits per heavy atom. The van der Waals surface area contributed by atoms with Crippen molar-refractivity contribution >= 4 is 18.2 Å². The van der Waals surface area contributed by atoms with Crippen LogP contribution >= 0.6 is 0 Å². The zero-order valence-corrected chi connectivity index (χ0v) is 18.7. The molecule has 1 aliphatic carbocycles. The Morgan fingerprint density at radius 2 is 1.72 bits per heavy atom. The molecular weight excluding hydrogens is 412 g/mol. The van der Waals surface area contributed by atoms with Crippen molar-refractivity contribution in [1.29, 1.82) is 0 Å². The van der Waals surface area contributed by atoms with Crippen LogP contribution in [0.25, 0.3) is 0 Å². The van der Waals surface area contributed by atoms with Crippen molar-refractivity contribution in [3.63, 3.8) is 0 Å².